The maximum absolute atomic E-state index is 10.1. The fraction of sp³-hybridized carbons (Fsp3) is 0.333. The van der Waals surface area contributed by atoms with Crippen molar-refractivity contribution in [2.75, 3.05) is 7.11 Å². The van der Waals surface area contributed by atoms with Crippen LogP contribution in [0.4, 0.5) is 0 Å². The summed E-state index contributed by atoms with van der Waals surface area (Å²) in [7, 11) is 1.65. The third-order valence-electron chi connectivity index (χ3n) is 3.85. The Bertz CT molecular complexity index is 748. The number of hydrogen-bond donors (Lipinski definition) is 2. The molecule has 122 valence electrons. The molecule has 0 radical (unpaired) electrons. The smallest absolute Gasteiger partial charge is 0.134 e. The van der Waals surface area contributed by atoms with Crippen molar-refractivity contribution < 1.29 is 18.7 Å². The van der Waals surface area contributed by atoms with Gasteiger partial charge in [0.1, 0.15) is 29.0 Å². The molecule has 2 unspecified atom stereocenters. The van der Waals surface area contributed by atoms with E-state index in [1.54, 1.807) is 25.5 Å². The number of fused-ring (bicyclic) bond motifs is 1. The van der Waals surface area contributed by atoms with Crippen molar-refractivity contribution in [3.8, 4) is 5.75 Å². The van der Waals surface area contributed by atoms with E-state index in [2.05, 4.69) is 5.32 Å². The summed E-state index contributed by atoms with van der Waals surface area (Å²) in [6, 6.07) is 11.4. The van der Waals surface area contributed by atoms with Crippen molar-refractivity contribution in [1.29, 1.82) is 0 Å². The van der Waals surface area contributed by atoms with Crippen LogP contribution in [0, 0.1) is 0 Å². The molecular formula is C18H21NO4. The zero-order valence-electron chi connectivity index (χ0n) is 13.3. The van der Waals surface area contributed by atoms with Crippen LogP contribution in [0.3, 0.4) is 0 Å². The largest absolute Gasteiger partial charge is 0.497 e. The monoisotopic (exact) mass is 315 g/mol. The number of methoxy groups -OCH3 is 1. The first-order valence-electron chi connectivity index (χ1n) is 7.67. The van der Waals surface area contributed by atoms with Gasteiger partial charge in [-0.3, -0.25) is 0 Å². The molecule has 0 saturated heterocycles. The number of benzene rings is 1. The average Bonchev–Trinajstić information content (AvgIpc) is 3.21. The maximum Gasteiger partial charge on any atom is 0.134 e. The summed E-state index contributed by atoms with van der Waals surface area (Å²) < 4.78 is 16.2. The summed E-state index contributed by atoms with van der Waals surface area (Å²) in [5.74, 6) is 2.26. The van der Waals surface area contributed by atoms with Crippen molar-refractivity contribution in [2.24, 2.45) is 0 Å². The highest BCUT2D eigenvalue weighted by Gasteiger charge is 2.15. The summed E-state index contributed by atoms with van der Waals surface area (Å²) in [5, 5.41) is 14.5. The SMILES string of the molecule is COc1ccc2oc(CNC(C)CC(O)c3ccco3)cc2c1. The number of aliphatic hydroxyl groups is 1. The lowest BCUT2D eigenvalue weighted by molar-refractivity contribution is 0.128. The van der Waals surface area contributed by atoms with Gasteiger partial charge < -0.3 is 24.0 Å². The fourth-order valence-corrected chi connectivity index (χ4v) is 2.58. The fourth-order valence-electron chi connectivity index (χ4n) is 2.58. The van der Waals surface area contributed by atoms with Crippen molar-refractivity contribution in [3.05, 3.63) is 54.2 Å². The summed E-state index contributed by atoms with van der Waals surface area (Å²) in [6.45, 7) is 2.63. The lowest BCUT2D eigenvalue weighted by atomic mass is 10.1. The number of rotatable bonds is 7. The Morgan fingerprint density at radius 2 is 2.13 bits per heavy atom. The molecular weight excluding hydrogens is 294 g/mol. The van der Waals surface area contributed by atoms with Crippen LogP contribution in [-0.4, -0.2) is 18.3 Å². The van der Waals surface area contributed by atoms with Crippen molar-refractivity contribution in [3.63, 3.8) is 0 Å². The van der Waals surface area contributed by atoms with Gasteiger partial charge in [0.25, 0.3) is 0 Å². The molecule has 23 heavy (non-hydrogen) atoms. The van der Waals surface area contributed by atoms with Crippen LogP contribution in [0.5, 0.6) is 5.75 Å². The summed E-state index contributed by atoms with van der Waals surface area (Å²) in [6.07, 6.45) is 1.54. The minimum absolute atomic E-state index is 0.123. The summed E-state index contributed by atoms with van der Waals surface area (Å²) in [5.41, 5.74) is 0.839. The van der Waals surface area contributed by atoms with E-state index in [9.17, 15) is 5.11 Å². The van der Waals surface area contributed by atoms with Crippen LogP contribution in [0.1, 0.15) is 31.0 Å². The predicted octanol–water partition coefficient (Wildman–Crippen LogP) is 3.64. The minimum Gasteiger partial charge on any atom is -0.497 e. The predicted molar refractivity (Wildman–Crippen MR) is 87.4 cm³/mol. The van der Waals surface area contributed by atoms with Gasteiger partial charge in [-0.25, -0.2) is 0 Å². The molecule has 2 aromatic heterocycles. The van der Waals surface area contributed by atoms with Crippen molar-refractivity contribution >= 4 is 11.0 Å². The van der Waals surface area contributed by atoms with Gasteiger partial charge in [-0.2, -0.15) is 0 Å². The Balaban J connectivity index is 1.57. The van der Waals surface area contributed by atoms with E-state index in [1.807, 2.05) is 31.2 Å². The van der Waals surface area contributed by atoms with E-state index in [0.29, 0.717) is 18.7 Å². The Labute approximate surface area is 134 Å². The molecule has 0 aliphatic heterocycles. The highest BCUT2D eigenvalue weighted by molar-refractivity contribution is 5.79. The highest BCUT2D eigenvalue weighted by Crippen LogP contribution is 2.24. The summed E-state index contributed by atoms with van der Waals surface area (Å²) >= 11 is 0. The molecule has 5 nitrogen and oxygen atoms in total. The van der Waals surface area contributed by atoms with Gasteiger partial charge in [0, 0.05) is 11.4 Å². The molecule has 0 aliphatic rings. The van der Waals surface area contributed by atoms with Gasteiger partial charge in [-0.05, 0) is 49.7 Å². The normalized spacial score (nSPS) is 14.0. The topological polar surface area (TPSA) is 67.8 Å². The number of nitrogens with one attached hydrogen (secondary N) is 1. The van der Waals surface area contributed by atoms with Crippen LogP contribution >= 0.6 is 0 Å². The maximum atomic E-state index is 10.1. The van der Waals surface area contributed by atoms with E-state index in [4.69, 9.17) is 13.6 Å². The molecule has 2 atom stereocenters. The molecule has 0 saturated carbocycles. The minimum atomic E-state index is -0.604. The third kappa shape index (κ3) is 3.75. The lowest BCUT2D eigenvalue weighted by Crippen LogP contribution is -2.27. The van der Waals surface area contributed by atoms with Crippen LogP contribution in [0.2, 0.25) is 0 Å². The Morgan fingerprint density at radius 1 is 1.26 bits per heavy atom. The second-order valence-electron chi connectivity index (χ2n) is 5.67. The van der Waals surface area contributed by atoms with Crippen LogP contribution in [0.15, 0.2) is 51.5 Å². The highest BCUT2D eigenvalue weighted by atomic mass is 16.5. The molecule has 0 bridgehead atoms. The second kappa shape index (κ2) is 6.89. The van der Waals surface area contributed by atoms with E-state index in [1.165, 1.54) is 0 Å². The number of furan rings is 2. The van der Waals surface area contributed by atoms with Gasteiger partial charge in [0.05, 0.1) is 19.9 Å². The number of ether oxygens (including phenoxy) is 1. The molecule has 3 rings (SSSR count). The van der Waals surface area contributed by atoms with Gasteiger partial charge in [0.15, 0.2) is 0 Å². The van der Waals surface area contributed by atoms with Gasteiger partial charge in [0.2, 0.25) is 0 Å². The van der Waals surface area contributed by atoms with E-state index in [0.717, 1.165) is 22.5 Å². The molecule has 5 heteroatoms. The summed E-state index contributed by atoms with van der Waals surface area (Å²) in [4.78, 5) is 0. The molecule has 1 aromatic carbocycles. The molecule has 2 heterocycles. The Kier molecular flexibility index (Phi) is 4.69. The zero-order chi connectivity index (χ0) is 16.2. The van der Waals surface area contributed by atoms with E-state index < -0.39 is 6.10 Å². The molecule has 2 N–H and O–H groups in total. The van der Waals surface area contributed by atoms with Crippen LogP contribution < -0.4 is 10.1 Å². The Hall–Kier alpha value is -2.24. The van der Waals surface area contributed by atoms with Gasteiger partial charge >= 0.3 is 0 Å². The quantitative estimate of drug-likeness (QED) is 0.697. The first-order valence-corrected chi connectivity index (χ1v) is 7.67. The van der Waals surface area contributed by atoms with Crippen molar-refractivity contribution in [2.45, 2.75) is 32.0 Å². The molecule has 0 amide bonds. The average molecular weight is 315 g/mol. The standard InChI is InChI=1S/C18H21NO4/c1-12(8-16(20)18-4-3-7-22-18)19-11-15-10-13-9-14(21-2)5-6-17(13)23-15/h3-7,9-10,12,16,19-20H,8,11H2,1-2H3. The number of aliphatic hydroxyl groups excluding tert-OH is 1. The molecule has 0 spiro atoms. The van der Waals surface area contributed by atoms with Crippen LogP contribution in [-0.2, 0) is 6.54 Å². The first kappa shape index (κ1) is 15.6. The zero-order valence-corrected chi connectivity index (χ0v) is 13.3. The van der Waals surface area contributed by atoms with E-state index >= 15 is 0 Å². The van der Waals surface area contributed by atoms with Gasteiger partial charge in [-0.1, -0.05) is 0 Å². The molecule has 0 fully saturated rings. The van der Waals surface area contributed by atoms with Gasteiger partial charge in [-0.15, -0.1) is 0 Å². The molecule has 0 aliphatic carbocycles. The molecule has 3 aromatic rings. The Morgan fingerprint density at radius 3 is 2.87 bits per heavy atom. The van der Waals surface area contributed by atoms with E-state index in [-0.39, 0.29) is 6.04 Å². The van der Waals surface area contributed by atoms with Crippen molar-refractivity contribution in [1.82, 2.24) is 5.32 Å². The third-order valence-corrected chi connectivity index (χ3v) is 3.85. The van der Waals surface area contributed by atoms with Crippen LogP contribution in [0.25, 0.3) is 11.0 Å². The first-order chi connectivity index (χ1) is 11.2. The second-order valence-corrected chi connectivity index (χ2v) is 5.67. The number of hydrogen-bond acceptors (Lipinski definition) is 5. The lowest BCUT2D eigenvalue weighted by Gasteiger charge is -2.15.